The molecule has 4 rings (SSSR count). The molecule has 9 heteroatoms. The molecule has 2 aromatic carbocycles. The van der Waals surface area contributed by atoms with E-state index in [0.29, 0.717) is 23.9 Å². The van der Waals surface area contributed by atoms with E-state index in [9.17, 15) is 5.11 Å². The van der Waals surface area contributed by atoms with Crippen molar-refractivity contribution in [2.24, 2.45) is 0 Å². The summed E-state index contributed by atoms with van der Waals surface area (Å²) in [6.45, 7) is 6.75. The molecule has 0 radical (unpaired) electrons. The third-order valence-corrected chi connectivity index (χ3v) is 4.76. The van der Waals surface area contributed by atoms with Gasteiger partial charge in [0.2, 0.25) is 6.79 Å². The molecule has 1 aromatic heterocycles. The highest BCUT2D eigenvalue weighted by Crippen LogP contribution is 2.36. The summed E-state index contributed by atoms with van der Waals surface area (Å²) in [5.74, 6) is 2.00. The molecule has 3 aromatic rings. The number of nitrogens with one attached hydrogen (secondary N) is 1. The van der Waals surface area contributed by atoms with Gasteiger partial charge in [0.15, 0.2) is 17.3 Å². The van der Waals surface area contributed by atoms with Gasteiger partial charge in [0.1, 0.15) is 0 Å². The number of rotatable bonds is 8. The van der Waals surface area contributed by atoms with Crippen LogP contribution in [0, 0.1) is 0 Å². The van der Waals surface area contributed by atoms with Gasteiger partial charge in [-0.25, -0.2) is 4.68 Å². The van der Waals surface area contributed by atoms with Crippen molar-refractivity contribution in [3.05, 3.63) is 42.5 Å². The molecule has 0 amide bonds. The molecule has 0 bridgehead atoms. The minimum absolute atomic E-state index is 0.209. The number of aromatic nitrogens is 3. The van der Waals surface area contributed by atoms with Gasteiger partial charge in [-0.15, -0.1) is 5.10 Å². The molecule has 32 heavy (non-hydrogen) atoms. The number of hydrogen-bond acceptors (Lipinski definition) is 8. The van der Waals surface area contributed by atoms with Crippen LogP contribution in [0.3, 0.4) is 0 Å². The predicted octanol–water partition coefficient (Wildman–Crippen LogP) is 3.26. The van der Waals surface area contributed by atoms with Crippen LogP contribution in [0.15, 0.2) is 42.5 Å². The third kappa shape index (κ3) is 5.12. The van der Waals surface area contributed by atoms with Gasteiger partial charge in [0, 0.05) is 17.8 Å². The van der Waals surface area contributed by atoms with Crippen LogP contribution in [0.2, 0.25) is 0 Å². The Morgan fingerprint density at radius 3 is 2.59 bits per heavy atom. The summed E-state index contributed by atoms with van der Waals surface area (Å²) in [4.78, 5) is 4.49. The van der Waals surface area contributed by atoms with Crippen molar-refractivity contribution in [1.82, 2.24) is 14.8 Å². The molecule has 1 aliphatic heterocycles. The van der Waals surface area contributed by atoms with Crippen LogP contribution < -0.4 is 19.5 Å². The molecule has 1 aliphatic rings. The van der Waals surface area contributed by atoms with Crippen LogP contribution in [0.1, 0.15) is 20.8 Å². The first-order chi connectivity index (χ1) is 15.3. The maximum Gasteiger partial charge on any atom is 0.336 e. The molecule has 170 valence electrons. The van der Waals surface area contributed by atoms with E-state index in [2.05, 4.69) is 15.4 Å². The smallest absolute Gasteiger partial charge is 0.336 e. The molecule has 1 unspecified atom stereocenters. The lowest BCUT2D eigenvalue weighted by molar-refractivity contribution is -0.0449. The second-order valence-electron chi connectivity index (χ2n) is 8.41. The highest BCUT2D eigenvalue weighted by Gasteiger charge is 2.19. The van der Waals surface area contributed by atoms with Gasteiger partial charge in [0.05, 0.1) is 31.1 Å². The third-order valence-electron chi connectivity index (χ3n) is 4.76. The van der Waals surface area contributed by atoms with Crippen LogP contribution in [0.25, 0.3) is 17.1 Å². The number of fused-ring (bicyclic) bond motifs is 1. The molecule has 0 saturated carbocycles. The number of methoxy groups -OCH3 is 1. The lowest BCUT2D eigenvalue weighted by atomic mass is 10.2. The molecule has 0 aliphatic carbocycles. The van der Waals surface area contributed by atoms with Crippen molar-refractivity contribution in [2.45, 2.75) is 32.5 Å². The number of aliphatic hydroxyl groups is 1. The molecule has 0 fully saturated rings. The second-order valence-corrected chi connectivity index (χ2v) is 8.41. The Kier molecular flexibility index (Phi) is 6.20. The van der Waals surface area contributed by atoms with E-state index in [-0.39, 0.29) is 25.0 Å². The first kappa shape index (κ1) is 21.9. The quantitative estimate of drug-likeness (QED) is 0.551. The van der Waals surface area contributed by atoms with Crippen LogP contribution in [0.5, 0.6) is 17.5 Å². The Bertz CT molecular complexity index is 1060. The zero-order valence-corrected chi connectivity index (χ0v) is 18.7. The molecule has 0 spiro atoms. The number of nitrogens with zero attached hydrogens (tertiary/aromatic N) is 3. The molecule has 9 nitrogen and oxygen atoms in total. The highest BCUT2D eigenvalue weighted by molar-refractivity contribution is 5.64. The Balaban J connectivity index is 1.49. The monoisotopic (exact) mass is 440 g/mol. The Morgan fingerprint density at radius 1 is 1.12 bits per heavy atom. The van der Waals surface area contributed by atoms with E-state index in [0.717, 1.165) is 16.9 Å². The summed E-state index contributed by atoms with van der Waals surface area (Å²) >= 11 is 0. The summed E-state index contributed by atoms with van der Waals surface area (Å²) in [5, 5.41) is 17.8. The van der Waals surface area contributed by atoms with Gasteiger partial charge in [-0.05, 0) is 63.2 Å². The fourth-order valence-corrected chi connectivity index (χ4v) is 3.14. The van der Waals surface area contributed by atoms with E-state index in [1.54, 1.807) is 4.68 Å². The average Bonchev–Trinajstić information content (AvgIpc) is 3.42. The number of hydrogen-bond donors (Lipinski definition) is 2. The van der Waals surface area contributed by atoms with E-state index in [1.165, 1.54) is 7.11 Å². The van der Waals surface area contributed by atoms with E-state index in [1.807, 2.05) is 63.2 Å². The first-order valence-corrected chi connectivity index (χ1v) is 10.4. The van der Waals surface area contributed by atoms with Gasteiger partial charge < -0.3 is 29.4 Å². The van der Waals surface area contributed by atoms with E-state index >= 15 is 0 Å². The average molecular weight is 441 g/mol. The van der Waals surface area contributed by atoms with Gasteiger partial charge in [-0.1, -0.05) is 0 Å². The van der Waals surface area contributed by atoms with Crippen molar-refractivity contribution in [3.8, 4) is 34.6 Å². The van der Waals surface area contributed by atoms with Crippen LogP contribution >= 0.6 is 0 Å². The zero-order chi connectivity index (χ0) is 22.7. The van der Waals surface area contributed by atoms with Crippen molar-refractivity contribution in [3.63, 3.8) is 0 Å². The van der Waals surface area contributed by atoms with E-state index in [4.69, 9.17) is 18.9 Å². The van der Waals surface area contributed by atoms with Crippen molar-refractivity contribution < 1.29 is 24.1 Å². The first-order valence-electron chi connectivity index (χ1n) is 10.4. The number of aliphatic hydroxyl groups excluding tert-OH is 1. The molecule has 1 atom stereocenters. The van der Waals surface area contributed by atoms with Crippen LogP contribution in [-0.2, 0) is 4.74 Å². The van der Waals surface area contributed by atoms with Gasteiger partial charge in [0.25, 0.3) is 0 Å². The lowest BCUT2D eigenvalue weighted by Gasteiger charge is -2.22. The molecule has 2 N–H and O–H groups in total. The number of anilines is 1. The van der Waals surface area contributed by atoms with Gasteiger partial charge >= 0.3 is 6.01 Å². The number of ether oxygens (including phenoxy) is 4. The molecule has 0 saturated heterocycles. The van der Waals surface area contributed by atoms with Gasteiger partial charge in [-0.3, -0.25) is 0 Å². The minimum atomic E-state index is -0.605. The fraction of sp³-hybridized carbons (Fsp3) is 0.391. The van der Waals surface area contributed by atoms with Gasteiger partial charge in [-0.2, -0.15) is 4.98 Å². The van der Waals surface area contributed by atoms with Crippen LogP contribution in [0.4, 0.5) is 5.69 Å². The van der Waals surface area contributed by atoms with Crippen molar-refractivity contribution in [1.29, 1.82) is 0 Å². The second kappa shape index (κ2) is 9.05. The Hall–Kier alpha value is -3.30. The SMILES string of the molecule is COc1nc(-c2ccc3c(c2)OCO3)n(-c2ccc(NCC(O)COC(C)(C)C)cc2)n1. The minimum Gasteiger partial charge on any atom is -0.466 e. The Labute approximate surface area is 186 Å². The Morgan fingerprint density at radius 2 is 1.88 bits per heavy atom. The topological polar surface area (TPSA) is 99.9 Å². The highest BCUT2D eigenvalue weighted by atomic mass is 16.7. The summed E-state index contributed by atoms with van der Waals surface area (Å²) < 4.78 is 23.5. The summed E-state index contributed by atoms with van der Waals surface area (Å²) in [5.41, 5.74) is 2.24. The molecular formula is C23H28N4O5. The van der Waals surface area contributed by atoms with Crippen molar-refractivity contribution in [2.75, 3.05) is 32.4 Å². The van der Waals surface area contributed by atoms with E-state index < -0.39 is 6.10 Å². The van der Waals surface area contributed by atoms with Crippen LogP contribution in [-0.4, -0.2) is 58.6 Å². The molecule has 2 heterocycles. The fourth-order valence-electron chi connectivity index (χ4n) is 3.14. The normalized spacial score (nSPS) is 13.8. The predicted molar refractivity (Wildman–Crippen MR) is 120 cm³/mol. The molecular weight excluding hydrogens is 412 g/mol. The summed E-state index contributed by atoms with van der Waals surface area (Å²) in [6, 6.07) is 13.6. The summed E-state index contributed by atoms with van der Waals surface area (Å²) in [6.07, 6.45) is -0.605. The standard InChI is InChI=1S/C23H28N4O5/c1-23(2,3)32-13-18(28)12-24-16-6-8-17(9-7-16)27-21(25-22(26-27)29-4)15-5-10-19-20(11-15)31-14-30-19/h5-11,18,24,28H,12-14H2,1-4H3. The van der Waals surface area contributed by atoms with Crippen molar-refractivity contribution >= 4 is 5.69 Å². The lowest BCUT2D eigenvalue weighted by Crippen LogP contribution is -2.30. The number of benzene rings is 2. The zero-order valence-electron chi connectivity index (χ0n) is 18.7. The summed E-state index contributed by atoms with van der Waals surface area (Å²) in [7, 11) is 1.53. The largest absolute Gasteiger partial charge is 0.466 e. The maximum atomic E-state index is 10.1. The maximum absolute atomic E-state index is 10.1.